The van der Waals surface area contributed by atoms with Crippen molar-refractivity contribution in [2.24, 2.45) is 0 Å². The normalized spacial score (nSPS) is 10.6. The molecule has 11 heteroatoms. The lowest BCUT2D eigenvalue weighted by atomic mass is 10.0. The van der Waals surface area contributed by atoms with Gasteiger partial charge >= 0.3 is 0 Å². The van der Waals surface area contributed by atoms with Crippen LogP contribution in [0.1, 0.15) is 11.6 Å². The van der Waals surface area contributed by atoms with Gasteiger partial charge in [-0.15, -0.1) is 0 Å². The summed E-state index contributed by atoms with van der Waals surface area (Å²) >= 11 is 0. The molecule has 5 aromatic rings. The van der Waals surface area contributed by atoms with Crippen LogP contribution in [0.2, 0.25) is 0 Å². The highest BCUT2D eigenvalue weighted by atomic mass is 16.5. The van der Waals surface area contributed by atoms with Crippen molar-refractivity contribution in [2.45, 2.75) is 19.9 Å². The molecule has 11 nitrogen and oxygen atoms in total. The summed E-state index contributed by atoms with van der Waals surface area (Å²) in [6, 6.07) is 7.98. The Hall–Kier alpha value is -4.54. The van der Waals surface area contributed by atoms with Crippen LogP contribution in [-0.4, -0.2) is 58.4 Å². The summed E-state index contributed by atoms with van der Waals surface area (Å²) in [6.07, 6.45) is 7.90. The summed E-state index contributed by atoms with van der Waals surface area (Å²) in [4.78, 5) is 29.3. The molecule has 0 bridgehead atoms. The molecule has 0 aliphatic carbocycles. The molecule has 3 N–H and O–H groups in total. The lowest BCUT2D eigenvalue weighted by molar-refractivity contribution is -0.122. The Kier molecular flexibility index (Phi) is 6.39. The molecule has 4 heterocycles. The number of methoxy groups -OCH3 is 1. The van der Waals surface area contributed by atoms with Crippen LogP contribution in [0, 0.1) is 6.92 Å². The SMILES string of the molecule is COc1ccc(-c2nccn2CCc2n[nH]c(C)n2)cc1-c1ncnc2[nH]ccc12.O=CO. The van der Waals surface area contributed by atoms with E-state index in [0.717, 1.165) is 57.6 Å². The number of imidazole rings is 1. The summed E-state index contributed by atoms with van der Waals surface area (Å²) in [5.74, 6) is 3.22. The number of rotatable bonds is 6. The molecule has 4 aromatic heterocycles. The molecular weight excluding hydrogens is 424 g/mol. The number of hydrogen-bond donors (Lipinski definition) is 3. The highest BCUT2D eigenvalue weighted by Gasteiger charge is 2.16. The third-order valence-corrected chi connectivity index (χ3v) is 5.00. The molecule has 0 saturated carbocycles. The molecule has 0 aliphatic rings. The first-order valence-electron chi connectivity index (χ1n) is 10.1. The van der Waals surface area contributed by atoms with E-state index in [9.17, 15) is 0 Å². The van der Waals surface area contributed by atoms with Gasteiger partial charge in [-0.1, -0.05) is 0 Å². The molecule has 0 aliphatic heterocycles. The number of carboxylic acid groups (broad SMARTS) is 1. The van der Waals surface area contributed by atoms with E-state index in [1.54, 1.807) is 19.6 Å². The van der Waals surface area contributed by atoms with Crippen LogP contribution < -0.4 is 4.74 Å². The minimum absolute atomic E-state index is 0.250. The first-order valence-corrected chi connectivity index (χ1v) is 10.1. The van der Waals surface area contributed by atoms with Crippen molar-refractivity contribution < 1.29 is 14.6 Å². The molecule has 5 rings (SSSR count). The second-order valence-corrected chi connectivity index (χ2v) is 7.01. The third-order valence-electron chi connectivity index (χ3n) is 5.00. The number of ether oxygens (including phenoxy) is 1. The summed E-state index contributed by atoms with van der Waals surface area (Å²) in [6.45, 7) is 2.37. The third kappa shape index (κ3) is 4.56. The molecule has 1 aromatic carbocycles. The molecule has 168 valence electrons. The maximum Gasteiger partial charge on any atom is 0.290 e. The van der Waals surface area contributed by atoms with Crippen LogP contribution >= 0.6 is 0 Å². The summed E-state index contributed by atoms with van der Waals surface area (Å²) in [5, 5.41) is 14.9. The number of carbonyl (C=O) groups is 1. The summed E-state index contributed by atoms with van der Waals surface area (Å²) in [5.41, 5.74) is 3.47. The fourth-order valence-corrected chi connectivity index (χ4v) is 3.59. The van der Waals surface area contributed by atoms with Crippen LogP contribution in [0.15, 0.2) is 49.2 Å². The smallest absolute Gasteiger partial charge is 0.290 e. The Balaban J connectivity index is 0.000000821. The van der Waals surface area contributed by atoms with Gasteiger partial charge in [0.1, 0.15) is 29.4 Å². The quantitative estimate of drug-likeness (QED) is 0.337. The van der Waals surface area contributed by atoms with Gasteiger partial charge in [-0.05, 0) is 31.2 Å². The van der Waals surface area contributed by atoms with E-state index in [4.69, 9.17) is 14.6 Å². The van der Waals surface area contributed by atoms with Crippen molar-refractivity contribution in [3.05, 3.63) is 60.8 Å². The van der Waals surface area contributed by atoms with E-state index in [2.05, 4.69) is 45.8 Å². The van der Waals surface area contributed by atoms with Gasteiger partial charge in [0.25, 0.3) is 6.47 Å². The molecule has 0 unspecified atom stereocenters. The van der Waals surface area contributed by atoms with Crippen LogP contribution in [0.25, 0.3) is 33.7 Å². The van der Waals surface area contributed by atoms with Crippen LogP contribution in [0.4, 0.5) is 0 Å². The molecular formula is C22H22N8O3. The number of hydrogen-bond acceptors (Lipinski definition) is 7. The number of nitrogens with zero attached hydrogens (tertiary/aromatic N) is 6. The monoisotopic (exact) mass is 446 g/mol. The van der Waals surface area contributed by atoms with Gasteiger partial charge in [-0.25, -0.2) is 19.9 Å². The predicted octanol–water partition coefficient (Wildman–Crippen LogP) is 2.87. The first-order chi connectivity index (χ1) is 16.1. The van der Waals surface area contributed by atoms with Gasteiger partial charge in [-0.3, -0.25) is 9.89 Å². The molecule has 0 atom stereocenters. The van der Waals surface area contributed by atoms with Crippen LogP contribution in [0.3, 0.4) is 0 Å². The second kappa shape index (κ2) is 9.73. The Labute approximate surface area is 188 Å². The van der Waals surface area contributed by atoms with Crippen molar-refractivity contribution in [3.63, 3.8) is 0 Å². The van der Waals surface area contributed by atoms with E-state index < -0.39 is 0 Å². The maximum absolute atomic E-state index is 8.36. The van der Waals surface area contributed by atoms with Gasteiger partial charge < -0.3 is 19.4 Å². The van der Waals surface area contributed by atoms with Gasteiger partial charge in [-0.2, -0.15) is 5.10 Å². The van der Waals surface area contributed by atoms with Crippen LogP contribution in [-0.2, 0) is 17.8 Å². The number of H-pyrrole nitrogens is 2. The van der Waals surface area contributed by atoms with E-state index in [0.29, 0.717) is 6.42 Å². The Morgan fingerprint density at radius 2 is 2.06 bits per heavy atom. The minimum atomic E-state index is -0.250. The number of aryl methyl sites for hydroxylation is 3. The first kappa shape index (κ1) is 21.7. The fraction of sp³-hybridized carbons (Fsp3) is 0.182. The molecule has 0 spiro atoms. The Morgan fingerprint density at radius 3 is 2.82 bits per heavy atom. The van der Waals surface area contributed by atoms with Crippen molar-refractivity contribution in [1.29, 1.82) is 0 Å². The maximum atomic E-state index is 8.36. The van der Waals surface area contributed by atoms with E-state index in [1.165, 1.54) is 0 Å². The number of aromatic nitrogens is 8. The average molecular weight is 446 g/mol. The fourth-order valence-electron chi connectivity index (χ4n) is 3.59. The summed E-state index contributed by atoms with van der Waals surface area (Å²) in [7, 11) is 1.66. The molecule has 0 fully saturated rings. The molecule has 0 amide bonds. The van der Waals surface area contributed by atoms with Crippen molar-refractivity contribution in [1.82, 2.24) is 39.7 Å². The van der Waals surface area contributed by atoms with Gasteiger partial charge in [0.2, 0.25) is 0 Å². The zero-order valence-corrected chi connectivity index (χ0v) is 18.1. The predicted molar refractivity (Wildman–Crippen MR) is 121 cm³/mol. The van der Waals surface area contributed by atoms with E-state index in [-0.39, 0.29) is 6.47 Å². The highest BCUT2D eigenvalue weighted by molar-refractivity contribution is 5.93. The lowest BCUT2D eigenvalue weighted by Gasteiger charge is -2.12. The van der Waals surface area contributed by atoms with Crippen molar-refractivity contribution >= 4 is 17.5 Å². The largest absolute Gasteiger partial charge is 0.496 e. The zero-order valence-electron chi connectivity index (χ0n) is 18.1. The topological polar surface area (TPSA) is 147 Å². The van der Waals surface area contributed by atoms with Gasteiger partial charge in [0.15, 0.2) is 5.82 Å². The second-order valence-electron chi connectivity index (χ2n) is 7.01. The zero-order chi connectivity index (χ0) is 23.2. The van der Waals surface area contributed by atoms with Crippen LogP contribution in [0.5, 0.6) is 5.75 Å². The van der Waals surface area contributed by atoms with Gasteiger partial charge in [0.05, 0.1) is 12.8 Å². The van der Waals surface area contributed by atoms with Crippen molar-refractivity contribution in [3.8, 4) is 28.4 Å². The number of benzene rings is 1. The van der Waals surface area contributed by atoms with Gasteiger partial charge in [0, 0.05) is 48.1 Å². The summed E-state index contributed by atoms with van der Waals surface area (Å²) < 4.78 is 7.72. The number of nitrogens with one attached hydrogen (secondary N) is 2. The lowest BCUT2D eigenvalue weighted by Crippen LogP contribution is -2.04. The standard InChI is InChI=1S/C21H20N8O.CH2O2/c1-13-26-18(28-27-13)6-9-29-10-8-23-21(29)14-3-4-17(30-2)16(11-14)19-15-5-7-22-20(15)25-12-24-19;2-1-3/h3-5,7-8,10-12H,6,9H2,1-2H3,(H,22,24,25)(H,26,27,28);1H,(H,2,3). The van der Waals surface area contributed by atoms with Crippen molar-refractivity contribution in [2.75, 3.05) is 7.11 Å². The van der Waals surface area contributed by atoms with E-state index in [1.807, 2.05) is 37.5 Å². The minimum Gasteiger partial charge on any atom is -0.496 e. The molecule has 33 heavy (non-hydrogen) atoms. The number of fused-ring (bicyclic) bond motifs is 1. The average Bonchev–Trinajstić information content (AvgIpc) is 3.58. The Morgan fingerprint density at radius 1 is 1.21 bits per heavy atom. The molecule has 0 saturated heterocycles. The Bertz CT molecular complexity index is 1370. The highest BCUT2D eigenvalue weighted by Crippen LogP contribution is 2.35. The van der Waals surface area contributed by atoms with E-state index >= 15 is 0 Å². The molecule has 0 radical (unpaired) electrons. The number of aromatic amines is 2.